The number of fused-ring (bicyclic) bond motifs is 3. The van der Waals surface area contributed by atoms with Gasteiger partial charge >= 0.3 is 6.09 Å². The Balaban J connectivity index is 1.34. The van der Waals surface area contributed by atoms with Crippen LogP contribution in [0.3, 0.4) is 0 Å². The van der Waals surface area contributed by atoms with Gasteiger partial charge in [-0.2, -0.15) is 0 Å². The van der Waals surface area contributed by atoms with Crippen molar-refractivity contribution in [2.75, 3.05) is 20.3 Å². The van der Waals surface area contributed by atoms with Crippen molar-refractivity contribution in [2.24, 2.45) is 11.3 Å². The van der Waals surface area contributed by atoms with Crippen LogP contribution in [0, 0.1) is 11.3 Å². The van der Waals surface area contributed by atoms with Gasteiger partial charge in [0.2, 0.25) is 27.7 Å². The van der Waals surface area contributed by atoms with E-state index in [1.807, 2.05) is 24.3 Å². The molecule has 3 fully saturated rings. The van der Waals surface area contributed by atoms with Gasteiger partial charge in [0, 0.05) is 31.0 Å². The van der Waals surface area contributed by atoms with Crippen molar-refractivity contribution < 1.29 is 41.8 Å². The first-order valence-corrected chi connectivity index (χ1v) is 19.0. The number of hydrogen-bond donors (Lipinski definition) is 3. The normalized spacial score (nSPS) is 28.9. The van der Waals surface area contributed by atoms with Crippen LogP contribution in [0.5, 0.6) is 5.88 Å². The molecule has 1 aromatic heterocycles. The van der Waals surface area contributed by atoms with Crippen LogP contribution >= 0.6 is 0 Å². The molecule has 1 saturated heterocycles. The molecule has 3 heterocycles. The smallest absolute Gasteiger partial charge is 0.407 e. The molecular formula is C36H47N5O9S. The van der Waals surface area contributed by atoms with E-state index in [9.17, 15) is 27.6 Å². The van der Waals surface area contributed by atoms with Crippen LogP contribution in [-0.2, 0) is 33.9 Å². The Morgan fingerprint density at radius 2 is 1.92 bits per heavy atom. The Morgan fingerprint density at radius 1 is 1.16 bits per heavy atom. The molecule has 6 atom stereocenters. The lowest BCUT2D eigenvalue weighted by atomic mass is 9.85. The second kappa shape index (κ2) is 14.1. The fourth-order valence-corrected chi connectivity index (χ4v) is 8.36. The lowest BCUT2D eigenvalue weighted by Crippen LogP contribution is -2.60. The monoisotopic (exact) mass is 725 g/mol. The lowest BCUT2D eigenvalue weighted by Gasteiger charge is -2.35. The molecule has 3 N–H and O–H groups in total. The molecule has 4 amide bonds. The third-order valence-electron chi connectivity index (χ3n) is 10.3. The van der Waals surface area contributed by atoms with Gasteiger partial charge in [0.15, 0.2) is 0 Å². The molecule has 0 spiro atoms. The fraction of sp³-hybridized carbons (Fsp3) is 0.583. The number of nitrogens with one attached hydrogen (secondary N) is 3. The highest BCUT2D eigenvalue weighted by Gasteiger charge is 2.62. The van der Waals surface area contributed by atoms with E-state index in [1.54, 1.807) is 34.1 Å². The minimum absolute atomic E-state index is 0.0289. The molecule has 6 rings (SSSR count). The summed E-state index contributed by atoms with van der Waals surface area (Å²) in [4.78, 5) is 61.0. The number of carbonyl (C=O) groups is 4. The van der Waals surface area contributed by atoms with Crippen LogP contribution in [0.2, 0.25) is 0 Å². The Labute approximate surface area is 298 Å². The molecule has 14 nitrogen and oxygen atoms in total. The molecule has 1 aromatic carbocycles. The zero-order chi connectivity index (χ0) is 36.7. The number of benzene rings is 1. The third kappa shape index (κ3) is 7.69. The number of hydrogen-bond acceptors (Lipinski definition) is 10. The molecule has 51 heavy (non-hydrogen) atoms. The summed E-state index contributed by atoms with van der Waals surface area (Å²) in [6.45, 7) is 9.25. The van der Waals surface area contributed by atoms with Gasteiger partial charge < -0.3 is 29.7 Å². The van der Waals surface area contributed by atoms with E-state index in [4.69, 9.17) is 14.2 Å². The molecule has 0 radical (unpaired) electrons. The first-order chi connectivity index (χ1) is 24.2. The summed E-state index contributed by atoms with van der Waals surface area (Å²) in [6.07, 6.45) is 4.53. The molecule has 276 valence electrons. The highest BCUT2D eigenvalue weighted by Crippen LogP contribution is 2.45. The summed E-state index contributed by atoms with van der Waals surface area (Å²) in [5.74, 6) is -2.22. The number of aromatic nitrogens is 1. The van der Waals surface area contributed by atoms with Crippen molar-refractivity contribution in [3.63, 3.8) is 0 Å². The summed E-state index contributed by atoms with van der Waals surface area (Å²) < 4.78 is 45.3. The highest BCUT2D eigenvalue weighted by atomic mass is 32.2. The maximum atomic E-state index is 14.4. The summed E-state index contributed by atoms with van der Waals surface area (Å²) in [7, 11) is -2.25. The number of amides is 4. The van der Waals surface area contributed by atoms with Crippen molar-refractivity contribution in [1.82, 2.24) is 25.2 Å². The van der Waals surface area contributed by atoms with Crippen molar-refractivity contribution in [3.05, 3.63) is 48.7 Å². The zero-order valence-corrected chi connectivity index (χ0v) is 30.3. The van der Waals surface area contributed by atoms with Gasteiger partial charge in [-0.3, -0.25) is 19.1 Å². The Morgan fingerprint density at radius 3 is 2.59 bits per heavy atom. The van der Waals surface area contributed by atoms with Crippen LogP contribution in [-0.4, -0.2) is 91.4 Å². The minimum Gasteiger partial charge on any atom is -0.472 e. The summed E-state index contributed by atoms with van der Waals surface area (Å²) in [6, 6.07) is 5.57. The molecule has 5 unspecified atom stereocenters. The van der Waals surface area contributed by atoms with E-state index in [-0.39, 0.29) is 32.1 Å². The minimum atomic E-state index is -3.89. The SMILES string of the molecule is C=CC1CC1(NC(=O)C1C[C@@H]2CN1C(=O)C(C(C)(C)C)NC(=O)OCCCCC(OC)c1ccc3ccnc(c3c1)O2)C(=O)NS(=O)(=O)C1CC1. The first kappa shape index (κ1) is 36.5. The van der Waals surface area contributed by atoms with Gasteiger partial charge in [-0.1, -0.05) is 39.0 Å². The first-order valence-electron chi connectivity index (χ1n) is 17.5. The standard InChI is InChI=1S/C36H47N5O9S/c1-6-23-19-36(23,33(44)40-51(46,47)25-12-13-25)39-30(42)27-18-24-20-41(27)32(43)29(35(2,3)4)38-34(45)49-16-8-7-9-28(48-5)22-11-10-21-14-15-37-31(50-24)26(21)17-22/h6,10-11,14-15,17,23-25,27-29H,1,7-9,12-13,16,18-20H2,2-5H3,(H,38,45)(H,39,42)(H,40,44)/t23?,24-,27?,28?,29?,36?/m1/s1. The fourth-order valence-electron chi connectivity index (χ4n) is 7.00. The average Bonchev–Trinajstić information content (AvgIpc) is 4.01. The average molecular weight is 726 g/mol. The maximum absolute atomic E-state index is 14.4. The second-order valence-electron chi connectivity index (χ2n) is 15.1. The van der Waals surface area contributed by atoms with E-state index in [1.165, 1.54) is 11.0 Å². The summed E-state index contributed by atoms with van der Waals surface area (Å²) in [5, 5.41) is 6.51. The van der Waals surface area contributed by atoms with Crippen LogP contribution < -0.4 is 20.1 Å². The molecule has 4 aliphatic rings. The van der Waals surface area contributed by atoms with Crippen molar-refractivity contribution in [2.45, 2.75) is 101 Å². The van der Waals surface area contributed by atoms with E-state index < -0.39 is 74.1 Å². The van der Waals surface area contributed by atoms with Gasteiger partial charge in [0.05, 0.1) is 24.5 Å². The van der Waals surface area contributed by atoms with Gasteiger partial charge in [0.25, 0.3) is 5.91 Å². The topological polar surface area (TPSA) is 182 Å². The highest BCUT2D eigenvalue weighted by molar-refractivity contribution is 7.91. The summed E-state index contributed by atoms with van der Waals surface area (Å²) >= 11 is 0. The predicted molar refractivity (Wildman–Crippen MR) is 187 cm³/mol. The van der Waals surface area contributed by atoms with Crippen LogP contribution in [0.1, 0.15) is 77.4 Å². The molecule has 4 bridgehead atoms. The maximum Gasteiger partial charge on any atom is 0.407 e. The van der Waals surface area contributed by atoms with E-state index >= 15 is 0 Å². The molecule has 2 aliphatic heterocycles. The van der Waals surface area contributed by atoms with E-state index in [0.29, 0.717) is 38.0 Å². The van der Waals surface area contributed by atoms with Gasteiger partial charge in [-0.25, -0.2) is 18.2 Å². The Bertz CT molecular complexity index is 1820. The van der Waals surface area contributed by atoms with Gasteiger partial charge in [0.1, 0.15) is 23.7 Å². The number of pyridine rings is 1. The third-order valence-corrected chi connectivity index (χ3v) is 12.1. The number of cyclic esters (lactones) is 1. The van der Waals surface area contributed by atoms with Crippen LogP contribution in [0.25, 0.3) is 10.8 Å². The molecule has 15 heteroatoms. The van der Waals surface area contributed by atoms with Crippen molar-refractivity contribution in [3.8, 4) is 5.88 Å². The zero-order valence-electron chi connectivity index (χ0n) is 29.5. The number of alkyl carbamates (subject to hydrolysis) is 1. The largest absolute Gasteiger partial charge is 0.472 e. The number of sulfonamides is 1. The molecular weight excluding hydrogens is 678 g/mol. The van der Waals surface area contributed by atoms with Crippen LogP contribution in [0.4, 0.5) is 4.79 Å². The number of nitrogens with zero attached hydrogens (tertiary/aromatic N) is 2. The number of methoxy groups -OCH3 is 1. The number of carbonyl (C=O) groups excluding carboxylic acids is 4. The second-order valence-corrected chi connectivity index (χ2v) is 17.0. The van der Waals surface area contributed by atoms with E-state index in [2.05, 4.69) is 26.9 Å². The summed E-state index contributed by atoms with van der Waals surface area (Å²) in [5.41, 5.74) is -1.42. The van der Waals surface area contributed by atoms with Crippen molar-refractivity contribution >= 4 is 44.6 Å². The number of ether oxygens (including phenoxy) is 3. The Kier molecular flexibility index (Phi) is 10.1. The van der Waals surface area contributed by atoms with Gasteiger partial charge in [-0.05, 0) is 67.0 Å². The lowest BCUT2D eigenvalue weighted by molar-refractivity contribution is -0.142. The number of rotatable bonds is 7. The quantitative estimate of drug-likeness (QED) is 0.359. The molecule has 2 aromatic rings. The molecule has 2 aliphatic carbocycles. The van der Waals surface area contributed by atoms with E-state index in [0.717, 1.165) is 16.3 Å². The Hall–Kier alpha value is -4.24. The van der Waals surface area contributed by atoms with Gasteiger partial charge in [-0.15, -0.1) is 6.58 Å². The van der Waals surface area contributed by atoms with Crippen molar-refractivity contribution in [1.29, 1.82) is 0 Å². The molecule has 2 saturated carbocycles. The predicted octanol–water partition coefficient (Wildman–Crippen LogP) is 3.26. The van der Waals surface area contributed by atoms with Crippen LogP contribution in [0.15, 0.2) is 43.1 Å².